The van der Waals surface area contributed by atoms with E-state index in [0.29, 0.717) is 0 Å². The summed E-state index contributed by atoms with van der Waals surface area (Å²) in [6.07, 6.45) is 24.0. The highest BCUT2D eigenvalue weighted by atomic mass is 32.1. The molecule has 6 aromatic carbocycles. The minimum Gasteiger partial charge on any atom is -0.204 e. The predicted molar refractivity (Wildman–Crippen MR) is 710 cm³/mol. The molecule has 5 atom stereocenters. The van der Waals surface area contributed by atoms with Gasteiger partial charge in [-0.3, -0.25) is 0 Å². The number of hydrogen-bond acceptors (Lipinski definition) is 6. The minimum absolute atomic E-state index is 0. The zero-order valence-corrected chi connectivity index (χ0v) is 95.9. The van der Waals surface area contributed by atoms with Gasteiger partial charge >= 0.3 is 0 Å². The number of aryl methyl sites for hydroxylation is 15. The lowest BCUT2D eigenvalue weighted by Gasteiger charge is -2.34. The van der Waals surface area contributed by atoms with E-state index in [1.165, 1.54) is 189 Å². The van der Waals surface area contributed by atoms with Crippen molar-refractivity contribution in [3.05, 3.63) is 197 Å². The summed E-state index contributed by atoms with van der Waals surface area (Å²) in [6, 6.07) is 51.2. The summed E-state index contributed by atoms with van der Waals surface area (Å²) in [5, 5.41) is 34.2. The first-order chi connectivity index (χ1) is 61.2. The van der Waals surface area contributed by atoms with Crippen molar-refractivity contribution < 1.29 is 27.4 Å². The van der Waals surface area contributed by atoms with Crippen molar-refractivity contribution in [3.63, 3.8) is 0 Å². The average Bonchev–Trinajstić information content (AvgIpc) is 1.59. The fourth-order valence-electron chi connectivity index (χ4n) is 24.7. The van der Waals surface area contributed by atoms with Gasteiger partial charge in [0.05, 0.1) is 76.3 Å². The number of thiophene rings is 6. The molecule has 0 radical (unpaired) electrons. The molecule has 0 aliphatic carbocycles. The Kier molecular flexibility index (Phi) is 48.0. The summed E-state index contributed by atoms with van der Waals surface area (Å²) in [5.74, 6) is 0. The third kappa shape index (κ3) is 23.1. The highest BCUT2D eigenvalue weighted by Gasteiger charge is 2.42. The van der Waals surface area contributed by atoms with E-state index in [1.54, 1.807) is 85.7 Å². The molecule has 24 rings (SSSR count). The number of pyridine rings is 6. The number of nitrogens with zero attached hydrogens (tertiary/aromatic N) is 6. The van der Waals surface area contributed by atoms with Gasteiger partial charge in [-0.05, 0) is 95.0 Å². The predicted octanol–water partition coefficient (Wildman–Crippen LogP) is 30.2. The third-order valence-electron chi connectivity index (χ3n) is 31.6. The molecule has 18 heterocycles. The van der Waals surface area contributed by atoms with E-state index in [9.17, 15) is 0 Å². The normalized spacial score (nSPS) is 16.7. The molecule has 796 valence electrons. The van der Waals surface area contributed by atoms with Gasteiger partial charge in [0.1, 0.15) is 70.5 Å². The minimum atomic E-state index is -1.25. The van der Waals surface area contributed by atoms with Gasteiger partial charge in [0.2, 0.25) is 0 Å². The largest absolute Gasteiger partial charge is 0.204 e. The van der Waals surface area contributed by atoms with Crippen LogP contribution >= 0.6 is 68.0 Å². The van der Waals surface area contributed by atoms with Gasteiger partial charge in [-0.1, -0.05) is 360 Å². The zero-order valence-electron chi connectivity index (χ0n) is 81.2. The molecule has 12 aromatic heterocycles. The zero-order chi connectivity index (χ0) is 90.1. The Labute approximate surface area is 922 Å². The highest BCUT2D eigenvalue weighted by Crippen LogP contribution is 2.45. The van der Waals surface area contributed by atoms with Crippen LogP contribution in [0.5, 0.6) is 0 Å². The Morgan fingerprint density at radius 1 is 0.248 bits per heavy atom. The molecule has 6 nitrogen and oxygen atoms in total. The van der Waals surface area contributed by atoms with Crippen LogP contribution in [0.15, 0.2) is 146 Å². The first kappa shape index (κ1) is 135. The van der Waals surface area contributed by atoms with Crippen LogP contribution in [0, 0.1) is 0 Å². The van der Waals surface area contributed by atoms with Crippen molar-refractivity contribution in [2.45, 2.75) is 352 Å². The van der Waals surface area contributed by atoms with Gasteiger partial charge in [-0.15, -0.1) is 68.0 Å². The molecule has 0 fully saturated rings. The van der Waals surface area contributed by atoms with E-state index >= 15 is 0 Å². The maximum Gasteiger partial charge on any atom is 0.198 e. The van der Waals surface area contributed by atoms with E-state index in [-0.39, 0.29) is 126 Å². The van der Waals surface area contributed by atoms with Crippen LogP contribution < -0.4 is 74.1 Å². The van der Waals surface area contributed by atoms with Crippen LogP contribution in [0.3, 0.4) is 0 Å². The molecule has 6 aliphatic rings. The summed E-state index contributed by atoms with van der Waals surface area (Å²) < 4.78 is 31.8. The molecule has 0 spiro atoms. The quantitative estimate of drug-likeness (QED) is 0.117. The van der Waals surface area contributed by atoms with E-state index < -0.39 is 76.3 Å². The maximum atomic E-state index is 2.61. The first-order valence-electron chi connectivity index (χ1n) is 48.4. The number of fused-ring (bicyclic) bond motifs is 27. The van der Waals surface area contributed by atoms with Gasteiger partial charge in [-0.2, -0.15) is 0 Å². The summed E-state index contributed by atoms with van der Waals surface area (Å²) in [4.78, 5) is 0. The monoisotopic (exact) mass is 2220 g/mol. The lowest BCUT2D eigenvalue weighted by molar-refractivity contribution is -0.677. The van der Waals surface area contributed by atoms with Crippen molar-refractivity contribution in [2.75, 3.05) is 0 Å². The van der Waals surface area contributed by atoms with Gasteiger partial charge < -0.3 is 0 Å². The van der Waals surface area contributed by atoms with Gasteiger partial charge in [-0.25, -0.2) is 27.4 Å². The summed E-state index contributed by atoms with van der Waals surface area (Å²) in [6.45, 7) is 46.8. The van der Waals surface area contributed by atoms with Crippen LogP contribution in [-0.2, 0) is 100 Å². The number of hydrogen-bond donors (Lipinski definition) is 0. The van der Waals surface area contributed by atoms with E-state index in [1.807, 2.05) is 73.2 Å². The van der Waals surface area contributed by atoms with E-state index in [2.05, 4.69) is 343 Å². The Morgan fingerprint density at radius 3 is 0.966 bits per heavy atom. The van der Waals surface area contributed by atoms with Crippen LogP contribution in [0.1, 0.15) is 219 Å². The number of aromatic nitrogens is 6. The Hall–Kier alpha value is -6.51. The van der Waals surface area contributed by atoms with Crippen LogP contribution in [0.4, 0.5) is 0 Å². The van der Waals surface area contributed by atoms with Gasteiger partial charge in [0.15, 0.2) is 71.3 Å². The first-order valence-corrected chi connectivity index (χ1v) is 78.9. The standard InChI is InChI=1S/C19H26NSSi2.2C18H24NSSi2.C18H22NSSi.2C17H20NSSi.17CH4/c1-6-15-19-13(7-8-20(15)2)14-11-18-17(12-16(14)21-19)22(3)9-10-23(18,4)5;1-6-14-18-12(7-8-19(14)2)13-9-17-16(10-15(13)20-18)21(3)11-22(17,4)5;1-6-13-17-12(9-10-19(13)2)16-14(20-17)7-8-15-18(16)22(4,5)11-21(15)3;1-5-14-17-13(8-10-19(14)2)16-15(20-17)7-6-12-9-11-21(3,4)18(12)16;1-4-14-17-12(5-7-18(14)2)13-9-11-6-8-20(3)16(11)10-15(13)19-17;1-4-13-17-12(7-9-18(13)2)16-11-8-10-20(3)15(11)6-5-14(16)19-17;;;;;;;;;;;;;;;;;/h7-8,11-12,22H,6,9-10H2,1-5H3;2*7-10,21H,6,11H2,1-5H3;6-8,10H,5,9,11H2,1-4H3;5,7,9-10,20H,4,6,8H2,1-3H3;5-7,9,20H,4,8,10H2,1-3H3;17*1H4/q6*+1;;;;;;;;;;;;;;;;;. The second-order valence-corrected chi connectivity index (χ2v) is 83.4. The third-order valence-corrected chi connectivity index (χ3v) is 75.4. The second-order valence-electron chi connectivity index (χ2n) is 41.8. The molecule has 0 bridgehead atoms. The number of benzene rings is 6. The molecule has 21 heteroatoms. The average molecular weight is 2220 g/mol. The summed E-state index contributed by atoms with van der Waals surface area (Å²) in [5.41, 5.74) is 16.9. The fraction of sp³-hybridized carbons (Fsp3) is 0.468. The molecule has 145 heavy (non-hydrogen) atoms. The Bertz CT molecular complexity index is 7590. The molecular formula is C124H204N6S6Si9+6. The van der Waals surface area contributed by atoms with Crippen LogP contribution in [0.25, 0.3) is 121 Å². The summed E-state index contributed by atoms with van der Waals surface area (Å²) in [7, 11) is 4.76. The number of rotatable bonds is 6. The van der Waals surface area contributed by atoms with Gasteiger partial charge in [0, 0.05) is 162 Å². The Morgan fingerprint density at radius 2 is 0.552 bits per heavy atom. The van der Waals surface area contributed by atoms with Crippen molar-refractivity contribution >= 4 is 312 Å². The summed E-state index contributed by atoms with van der Waals surface area (Å²) >= 11 is 12.0. The van der Waals surface area contributed by atoms with Crippen LogP contribution in [0.2, 0.25) is 127 Å². The van der Waals surface area contributed by atoms with Crippen molar-refractivity contribution in [3.8, 4) is 0 Å². The van der Waals surface area contributed by atoms with E-state index in [0.717, 1.165) is 38.5 Å². The molecule has 6 aliphatic heterocycles. The molecule has 5 unspecified atom stereocenters. The molecule has 0 saturated heterocycles. The molecule has 0 saturated carbocycles. The lowest BCUT2D eigenvalue weighted by atomic mass is 10.0. The molecule has 18 aromatic rings. The van der Waals surface area contributed by atoms with Crippen LogP contribution in [-0.4, -0.2) is 76.3 Å². The fourth-order valence-corrected chi connectivity index (χ4v) is 75.7. The second kappa shape index (κ2) is 51.7. The lowest BCUT2D eigenvalue weighted by Crippen LogP contribution is -2.58. The van der Waals surface area contributed by atoms with Gasteiger partial charge in [0.25, 0.3) is 0 Å². The molecule has 0 N–H and O–H groups in total. The molecule has 0 amide bonds. The SMILES string of the molecule is C.C.C.C.C.C.C.C.C.C.C.C.C.C.C.C.C.CCc1c2sc3cc4c(cc3c2cc[n+]1C)CC[SiH]4C.CCc1c2sc3cc4c(cc3c2cc[n+]1C)[Si](C)(C)CC[SiH]4C.CCc1c2sc3cc4c(cc3c2cc[n+]1C)[Si](C)(C)C[SiH]4C.CCc1c2sc3ccc4c(c3c2cc[n+]1C)CC[SiH]4C.CCc1c2sc3ccc4c(c3c2cc[n+]1C)[Si](C)(C)CC4.CCc1c2sc3ccc4c(c3c2cc[n+]1C)[Si](C)(C)C[SiH]4C. The van der Waals surface area contributed by atoms with Crippen molar-refractivity contribution in [1.82, 2.24) is 0 Å². The highest BCUT2D eigenvalue weighted by molar-refractivity contribution is 7.29. The maximum absolute atomic E-state index is 2.61. The van der Waals surface area contributed by atoms with Crippen molar-refractivity contribution in [2.24, 2.45) is 42.3 Å². The Balaban J connectivity index is 0.000000575. The molecular weight excluding hydrogens is 2020 g/mol. The van der Waals surface area contributed by atoms with E-state index in [4.69, 9.17) is 0 Å². The smallest absolute Gasteiger partial charge is 0.198 e. The van der Waals surface area contributed by atoms with Crippen molar-refractivity contribution in [1.29, 1.82) is 0 Å². The topological polar surface area (TPSA) is 23.3 Å².